The molecule has 0 amide bonds. The van der Waals surface area contributed by atoms with E-state index in [1.54, 1.807) is 0 Å². The Bertz CT molecular complexity index is 54.0. The van der Waals surface area contributed by atoms with E-state index >= 15 is 0 Å². The fraction of sp³-hybridized carbons (Fsp3) is 0. The van der Waals surface area contributed by atoms with E-state index in [1.807, 2.05) is 0 Å². The van der Waals surface area contributed by atoms with Crippen molar-refractivity contribution in [1.29, 1.82) is 0 Å². The van der Waals surface area contributed by atoms with Crippen molar-refractivity contribution in [3.63, 3.8) is 0 Å². The molecule has 0 aliphatic heterocycles. The molecule has 0 aromatic heterocycles. The first kappa shape index (κ1) is 9.34. The van der Waals surface area contributed by atoms with Crippen LogP contribution < -0.4 is 0 Å². The topological polar surface area (TPSA) is 74.6 Å². The number of hydrogen-bond acceptors (Lipinski definition) is 2. The van der Waals surface area contributed by atoms with Gasteiger partial charge in [-0.2, -0.15) is 0 Å². The van der Waals surface area contributed by atoms with E-state index in [2.05, 4.69) is 6.92 Å². The molecule has 0 rings (SSSR count). The maximum absolute atomic E-state index is 8.89. The van der Waals surface area contributed by atoms with Crippen LogP contribution in [0.4, 0.5) is 0 Å². The summed E-state index contributed by atoms with van der Waals surface area (Å²) >= 11 is 0. The molecular formula is C3H5O4. The second-order valence-electron chi connectivity index (χ2n) is 0.499. The van der Waals surface area contributed by atoms with Crippen molar-refractivity contribution < 1.29 is 19.8 Å². The van der Waals surface area contributed by atoms with Crippen molar-refractivity contribution in [2.75, 3.05) is 0 Å². The average molecular weight is 105 g/mol. The predicted octanol–water partition coefficient (Wildman–Crippen LogP) is -0.394. The molecule has 0 aliphatic carbocycles. The van der Waals surface area contributed by atoms with Crippen LogP contribution in [0.25, 0.3) is 0 Å². The number of carboxylic acid groups (broad SMARTS) is 2. The lowest BCUT2D eigenvalue weighted by atomic mass is 10.9. The number of carbonyl (C=O) groups is 2. The van der Waals surface area contributed by atoms with Gasteiger partial charge in [0.25, 0.3) is 6.47 Å². The maximum atomic E-state index is 8.89. The maximum Gasteiger partial charge on any atom is 0.303 e. The SMILES string of the molecule is O=CO.[CH2]C(=O)O. The van der Waals surface area contributed by atoms with E-state index in [9.17, 15) is 0 Å². The number of rotatable bonds is 0. The molecular weight excluding hydrogens is 100 g/mol. The van der Waals surface area contributed by atoms with Crippen LogP contribution in [0.2, 0.25) is 0 Å². The summed E-state index contributed by atoms with van der Waals surface area (Å²) in [6, 6.07) is 0. The van der Waals surface area contributed by atoms with Crippen LogP contribution >= 0.6 is 0 Å². The van der Waals surface area contributed by atoms with Gasteiger partial charge < -0.3 is 10.2 Å². The highest BCUT2D eigenvalue weighted by Crippen LogP contribution is 1.40. The highest BCUT2D eigenvalue weighted by molar-refractivity contribution is 5.71. The lowest BCUT2D eigenvalue weighted by Crippen LogP contribution is -1.79. The molecule has 0 saturated carbocycles. The van der Waals surface area contributed by atoms with Crippen LogP contribution in [0.5, 0.6) is 0 Å². The standard InChI is InChI=1S/C2H3O2.CH2O2/c1-2(3)4;2-1-3/h1H2,(H,3,4);1H,(H,2,3). The van der Waals surface area contributed by atoms with Crippen LogP contribution in [0.15, 0.2) is 0 Å². The Morgan fingerprint density at radius 2 is 1.71 bits per heavy atom. The fourth-order valence-corrected chi connectivity index (χ4v) is 0. The molecule has 7 heavy (non-hydrogen) atoms. The van der Waals surface area contributed by atoms with Crippen molar-refractivity contribution in [3.05, 3.63) is 6.92 Å². The van der Waals surface area contributed by atoms with Gasteiger partial charge in [0.05, 0.1) is 6.92 Å². The molecule has 0 aromatic rings. The molecule has 0 aromatic carbocycles. The summed E-state index contributed by atoms with van der Waals surface area (Å²) in [7, 11) is 0. The summed E-state index contributed by atoms with van der Waals surface area (Å²) in [6.07, 6.45) is 0. The highest BCUT2D eigenvalue weighted by atomic mass is 16.4. The average Bonchev–Trinajstić information content (AvgIpc) is 1.33. The van der Waals surface area contributed by atoms with E-state index in [1.165, 1.54) is 0 Å². The second kappa shape index (κ2) is 8.87. The Morgan fingerprint density at radius 3 is 1.71 bits per heavy atom. The zero-order valence-corrected chi connectivity index (χ0v) is 3.50. The van der Waals surface area contributed by atoms with E-state index in [-0.39, 0.29) is 6.47 Å². The summed E-state index contributed by atoms with van der Waals surface area (Å²) in [5, 5.41) is 14.2. The van der Waals surface area contributed by atoms with Gasteiger partial charge in [0.15, 0.2) is 0 Å². The van der Waals surface area contributed by atoms with Crippen LogP contribution in [-0.2, 0) is 9.59 Å². The smallest absolute Gasteiger partial charge is 0.303 e. The third kappa shape index (κ3) is 38.0. The van der Waals surface area contributed by atoms with Gasteiger partial charge in [-0.05, 0) is 0 Å². The summed E-state index contributed by atoms with van der Waals surface area (Å²) in [5.74, 6) is -1.08. The molecule has 0 heterocycles. The fourth-order valence-electron chi connectivity index (χ4n) is 0. The van der Waals surface area contributed by atoms with Gasteiger partial charge >= 0.3 is 5.97 Å². The van der Waals surface area contributed by atoms with Gasteiger partial charge in [-0.1, -0.05) is 0 Å². The third-order valence-electron chi connectivity index (χ3n) is 0. The van der Waals surface area contributed by atoms with Crippen LogP contribution in [0.1, 0.15) is 0 Å². The lowest BCUT2D eigenvalue weighted by molar-refractivity contribution is -0.131. The normalized spacial score (nSPS) is 5.29. The molecule has 0 unspecified atom stereocenters. The Labute approximate surface area is 40.4 Å². The van der Waals surface area contributed by atoms with Crippen molar-refractivity contribution in [2.24, 2.45) is 0 Å². The Hall–Kier alpha value is -1.06. The Kier molecular flexibility index (Phi) is 11.8. The molecule has 41 valence electrons. The van der Waals surface area contributed by atoms with Gasteiger partial charge in [-0.15, -0.1) is 0 Å². The molecule has 4 nitrogen and oxygen atoms in total. The molecule has 0 atom stereocenters. The predicted molar refractivity (Wildman–Crippen MR) is 21.7 cm³/mol. The Balaban J connectivity index is 0. The summed E-state index contributed by atoms with van der Waals surface area (Å²) in [6.45, 7) is 2.31. The van der Waals surface area contributed by atoms with Gasteiger partial charge in [0, 0.05) is 0 Å². The zero-order chi connectivity index (χ0) is 6.28. The van der Waals surface area contributed by atoms with Crippen LogP contribution in [0, 0.1) is 6.92 Å². The quantitative estimate of drug-likeness (QED) is 0.411. The van der Waals surface area contributed by atoms with Gasteiger partial charge in [0.1, 0.15) is 0 Å². The minimum atomic E-state index is -1.08. The Morgan fingerprint density at radius 1 is 1.71 bits per heavy atom. The van der Waals surface area contributed by atoms with Crippen molar-refractivity contribution >= 4 is 12.4 Å². The highest BCUT2D eigenvalue weighted by Gasteiger charge is 1.66. The van der Waals surface area contributed by atoms with E-state index in [4.69, 9.17) is 19.8 Å². The molecule has 1 radical (unpaired) electrons. The number of aliphatic carboxylic acids is 1. The third-order valence-corrected chi connectivity index (χ3v) is 0. The largest absolute Gasteiger partial charge is 0.483 e. The summed E-state index contributed by atoms with van der Waals surface area (Å²) < 4.78 is 0. The van der Waals surface area contributed by atoms with E-state index in [0.29, 0.717) is 0 Å². The first-order valence-corrected chi connectivity index (χ1v) is 1.28. The minimum absolute atomic E-state index is 0.250. The van der Waals surface area contributed by atoms with Gasteiger partial charge in [-0.3, -0.25) is 9.59 Å². The lowest BCUT2D eigenvalue weighted by Gasteiger charge is -1.58. The second-order valence-corrected chi connectivity index (χ2v) is 0.499. The van der Waals surface area contributed by atoms with E-state index < -0.39 is 5.97 Å². The summed E-state index contributed by atoms with van der Waals surface area (Å²) in [4.78, 5) is 17.2. The molecule has 0 spiro atoms. The monoisotopic (exact) mass is 105 g/mol. The first-order chi connectivity index (χ1) is 3.15. The molecule has 0 saturated heterocycles. The van der Waals surface area contributed by atoms with E-state index in [0.717, 1.165) is 0 Å². The molecule has 0 aliphatic rings. The van der Waals surface area contributed by atoms with Crippen molar-refractivity contribution in [3.8, 4) is 0 Å². The molecule has 0 fully saturated rings. The van der Waals surface area contributed by atoms with Crippen LogP contribution in [-0.4, -0.2) is 22.7 Å². The van der Waals surface area contributed by atoms with Crippen molar-refractivity contribution in [1.82, 2.24) is 0 Å². The van der Waals surface area contributed by atoms with Gasteiger partial charge in [-0.25, -0.2) is 0 Å². The zero-order valence-electron chi connectivity index (χ0n) is 3.50. The molecule has 2 N–H and O–H groups in total. The molecule has 0 bridgehead atoms. The minimum Gasteiger partial charge on any atom is -0.483 e. The summed E-state index contributed by atoms with van der Waals surface area (Å²) in [5.41, 5.74) is 0. The van der Waals surface area contributed by atoms with Gasteiger partial charge in [0.2, 0.25) is 0 Å². The van der Waals surface area contributed by atoms with Crippen LogP contribution in [0.3, 0.4) is 0 Å². The molecule has 4 heteroatoms. The van der Waals surface area contributed by atoms with Crippen molar-refractivity contribution in [2.45, 2.75) is 0 Å². The number of carboxylic acids is 1. The first-order valence-electron chi connectivity index (χ1n) is 1.28. The number of hydrogen-bond donors (Lipinski definition) is 2.